The monoisotopic (exact) mass is 191 g/mol. The van der Waals surface area contributed by atoms with Gasteiger partial charge in [0.1, 0.15) is 6.33 Å². The first-order valence-electron chi connectivity index (χ1n) is 5.37. The lowest BCUT2D eigenvalue weighted by atomic mass is 10.0. The summed E-state index contributed by atoms with van der Waals surface area (Å²) < 4.78 is 0. The highest BCUT2D eigenvalue weighted by Crippen LogP contribution is 2.23. The number of nitrogens with zero attached hydrogens (tertiary/aromatic N) is 2. The lowest BCUT2D eigenvalue weighted by Crippen LogP contribution is -2.13. The molecule has 2 N–H and O–H groups in total. The first kappa shape index (κ1) is 9.59. The molecule has 0 radical (unpaired) electrons. The molecular weight excluding hydrogens is 174 g/mol. The van der Waals surface area contributed by atoms with Crippen molar-refractivity contribution in [2.45, 2.75) is 45.1 Å². The molecule has 1 heterocycles. The summed E-state index contributed by atoms with van der Waals surface area (Å²) in [4.78, 5) is 8.65. The Morgan fingerprint density at radius 1 is 1.21 bits per heavy atom. The van der Waals surface area contributed by atoms with Crippen molar-refractivity contribution in [1.29, 1.82) is 0 Å². The second-order valence-corrected chi connectivity index (χ2v) is 4.03. The Morgan fingerprint density at radius 3 is 2.79 bits per heavy atom. The van der Waals surface area contributed by atoms with Crippen molar-refractivity contribution in [2.24, 2.45) is 5.73 Å². The Hall–Kier alpha value is -0.960. The maximum atomic E-state index is 5.90. The van der Waals surface area contributed by atoms with Gasteiger partial charge in [-0.3, -0.25) is 0 Å². The second kappa shape index (κ2) is 4.05. The zero-order chi connectivity index (χ0) is 9.97. The van der Waals surface area contributed by atoms with Crippen molar-refractivity contribution in [2.75, 3.05) is 0 Å². The Kier molecular flexibility index (Phi) is 2.77. The molecule has 14 heavy (non-hydrogen) atoms. The quantitative estimate of drug-likeness (QED) is 0.688. The van der Waals surface area contributed by atoms with Crippen LogP contribution in [-0.4, -0.2) is 9.97 Å². The molecule has 0 saturated carbocycles. The summed E-state index contributed by atoms with van der Waals surface area (Å²) in [5, 5.41) is 0. The average molecular weight is 191 g/mol. The van der Waals surface area contributed by atoms with Crippen LogP contribution in [0.2, 0.25) is 0 Å². The van der Waals surface area contributed by atoms with Crippen LogP contribution in [0.25, 0.3) is 0 Å². The number of fused-ring (bicyclic) bond motifs is 1. The fourth-order valence-electron chi connectivity index (χ4n) is 2.12. The SMILES string of the molecule is C[C@H](N)c1ncnc2c1CCCCC2. The summed E-state index contributed by atoms with van der Waals surface area (Å²) in [5.41, 5.74) is 9.50. The third kappa shape index (κ3) is 1.77. The van der Waals surface area contributed by atoms with Crippen LogP contribution in [0.4, 0.5) is 0 Å². The van der Waals surface area contributed by atoms with E-state index in [1.165, 1.54) is 30.5 Å². The Labute approximate surface area is 84.8 Å². The number of hydrogen-bond acceptors (Lipinski definition) is 3. The van der Waals surface area contributed by atoms with E-state index in [0.29, 0.717) is 0 Å². The molecule has 76 valence electrons. The highest BCUT2D eigenvalue weighted by Gasteiger charge is 2.15. The van der Waals surface area contributed by atoms with Gasteiger partial charge in [-0.2, -0.15) is 0 Å². The predicted octanol–water partition coefficient (Wildman–Crippen LogP) is 1.77. The van der Waals surface area contributed by atoms with E-state index in [9.17, 15) is 0 Å². The maximum Gasteiger partial charge on any atom is 0.116 e. The summed E-state index contributed by atoms with van der Waals surface area (Å²) in [6.07, 6.45) is 7.66. The number of aryl methyl sites for hydroxylation is 1. The molecule has 0 fully saturated rings. The molecule has 1 atom stereocenters. The molecule has 1 aromatic rings. The number of rotatable bonds is 1. The van der Waals surface area contributed by atoms with E-state index in [1.807, 2.05) is 6.92 Å². The topological polar surface area (TPSA) is 51.8 Å². The van der Waals surface area contributed by atoms with Crippen molar-refractivity contribution < 1.29 is 0 Å². The summed E-state index contributed by atoms with van der Waals surface area (Å²) in [5.74, 6) is 0. The zero-order valence-electron chi connectivity index (χ0n) is 8.66. The molecule has 0 unspecified atom stereocenters. The minimum Gasteiger partial charge on any atom is -0.323 e. The largest absolute Gasteiger partial charge is 0.323 e. The molecule has 0 amide bonds. The normalized spacial score (nSPS) is 18.4. The second-order valence-electron chi connectivity index (χ2n) is 4.03. The van der Waals surface area contributed by atoms with E-state index in [2.05, 4.69) is 9.97 Å². The number of nitrogens with two attached hydrogens (primary N) is 1. The van der Waals surface area contributed by atoms with Crippen LogP contribution in [0.15, 0.2) is 6.33 Å². The number of hydrogen-bond donors (Lipinski definition) is 1. The van der Waals surface area contributed by atoms with Crippen LogP contribution in [-0.2, 0) is 12.8 Å². The van der Waals surface area contributed by atoms with E-state index in [-0.39, 0.29) is 6.04 Å². The standard InChI is InChI=1S/C11H17N3/c1-8(12)11-9-5-3-2-4-6-10(9)13-7-14-11/h7-8H,2-6,12H2,1H3/t8-/m0/s1. The van der Waals surface area contributed by atoms with Crippen molar-refractivity contribution in [3.05, 3.63) is 23.3 Å². The van der Waals surface area contributed by atoms with Gasteiger partial charge in [-0.25, -0.2) is 9.97 Å². The first-order chi connectivity index (χ1) is 6.79. The van der Waals surface area contributed by atoms with E-state index in [4.69, 9.17) is 5.73 Å². The minimum absolute atomic E-state index is 0.0323. The van der Waals surface area contributed by atoms with E-state index in [1.54, 1.807) is 6.33 Å². The lowest BCUT2D eigenvalue weighted by molar-refractivity contribution is 0.703. The van der Waals surface area contributed by atoms with Crippen molar-refractivity contribution in [3.8, 4) is 0 Å². The van der Waals surface area contributed by atoms with Gasteiger partial charge in [0, 0.05) is 11.7 Å². The van der Waals surface area contributed by atoms with Gasteiger partial charge in [0.2, 0.25) is 0 Å². The average Bonchev–Trinajstić information content (AvgIpc) is 2.41. The van der Waals surface area contributed by atoms with Crippen LogP contribution < -0.4 is 5.73 Å². The third-order valence-electron chi connectivity index (χ3n) is 2.84. The molecule has 0 spiro atoms. The highest BCUT2D eigenvalue weighted by molar-refractivity contribution is 5.27. The maximum absolute atomic E-state index is 5.90. The predicted molar refractivity (Wildman–Crippen MR) is 55.9 cm³/mol. The first-order valence-corrected chi connectivity index (χ1v) is 5.37. The molecule has 3 nitrogen and oxygen atoms in total. The smallest absolute Gasteiger partial charge is 0.116 e. The molecule has 1 aliphatic carbocycles. The van der Waals surface area contributed by atoms with Gasteiger partial charge in [-0.15, -0.1) is 0 Å². The van der Waals surface area contributed by atoms with E-state index < -0.39 is 0 Å². The van der Waals surface area contributed by atoms with Crippen LogP contribution in [0, 0.1) is 0 Å². The molecule has 0 bridgehead atoms. The van der Waals surface area contributed by atoms with Gasteiger partial charge in [0.05, 0.1) is 5.69 Å². The Bertz CT molecular complexity index is 320. The van der Waals surface area contributed by atoms with Crippen LogP contribution >= 0.6 is 0 Å². The minimum atomic E-state index is 0.0323. The molecule has 3 heteroatoms. The fraction of sp³-hybridized carbons (Fsp3) is 0.636. The van der Waals surface area contributed by atoms with Gasteiger partial charge >= 0.3 is 0 Å². The van der Waals surface area contributed by atoms with Gasteiger partial charge in [0.25, 0.3) is 0 Å². The summed E-state index contributed by atoms with van der Waals surface area (Å²) in [6, 6.07) is 0.0323. The van der Waals surface area contributed by atoms with Crippen LogP contribution in [0.5, 0.6) is 0 Å². The van der Waals surface area contributed by atoms with Gasteiger partial charge in [-0.1, -0.05) is 6.42 Å². The van der Waals surface area contributed by atoms with Crippen LogP contribution in [0.3, 0.4) is 0 Å². The molecule has 0 aliphatic heterocycles. The molecule has 2 rings (SSSR count). The Balaban J connectivity index is 2.42. The fourth-order valence-corrected chi connectivity index (χ4v) is 2.12. The van der Waals surface area contributed by atoms with Gasteiger partial charge in [0.15, 0.2) is 0 Å². The van der Waals surface area contributed by atoms with E-state index >= 15 is 0 Å². The molecular formula is C11H17N3. The Morgan fingerprint density at radius 2 is 2.00 bits per heavy atom. The van der Waals surface area contributed by atoms with Crippen LogP contribution in [0.1, 0.15) is 49.2 Å². The molecule has 0 saturated heterocycles. The van der Waals surface area contributed by atoms with Gasteiger partial charge < -0.3 is 5.73 Å². The summed E-state index contributed by atoms with van der Waals surface area (Å²) in [7, 11) is 0. The molecule has 0 aromatic carbocycles. The molecule has 1 aromatic heterocycles. The van der Waals surface area contributed by atoms with Crippen molar-refractivity contribution >= 4 is 0 Å². The molecule has 1 aliphatic rings. The summed E-state index contributed by atoms with van der Waals surface area (Å²) in [6.45, 7) is 1.99. The lowest BCUT2D eigenvalue weighted by Gasteiger charge is -2.12. The summed E-state index contributed by atoms with van der Waals surface area (Å²) >= 11 is 0. The highest BCUT2D eigenvalue weighted by atomic mass is 14.9. The van der Waals surface area contributed by atoms with Gasteiger partial charge in [-0.05, 0) is 38.2 Å². The van der Waals surface area contributed by atoms with Crippen molar-refractivity contribution in [1.82, 2.24) is 9.97 Å². The number of aromatic nitrogens is 2. The third-order valence-corrected chi connectivity index (χ3v) is 2.84. The zero-order valence-corrected chi connectivity index (χ0v) is 8.66. The van der Waals surface area contributed by atoms with Crippen molar-refractivity contribution in [3.63, 3.8) is 0 Å². The van der Waals surface area contributed by atoms with E-state index in [0.717, 1.165) is 18.5 Å².